The second kappa shape index (κ2) is 6.37. The maximum Gasteiger partial charge on any atom is 0.307 e. The molecule has 0 spiro atoms. The summed E-state index contributed by atoms with van der Waals surface area (Å²) < 4.78 is 4.79. The SMILES string of the molecule is CC(C)CC(N)OC(=O)CCC(=O)O. The van der Waals surface area contributed by atoms with Crippen LogP contribution in [0.2, 0.25) is 0 Å². The minimum absolute atomic E-state index is 0.124. The van der Waals surface area contributed by atoms with E-state index in [0.717, 1.165) is 0 Å². The van der Waals surface area contributed by atoms with Crippen LogP contribution in [0.15, 0.2) is 0 Å². The number of ether oxygens (including phenoxy) is 1. The fourth-order valence-electron chi connectivity index (χ4n) is 0.949. The van der Waals surface area contributed by atoms with Gasteiger partial charge in [-0.2, -0.15) is 0 Å². The van der Waals surface area contributed by atoms with Gasteiger partial charge in [-0.05, 0) is 5.92 Å². The van der Waals surface area contributed by atoms with Crippen LogP contribution in [0.4, 0.5) is 0 Å². The molecule has 14 heavy (non-hydrogen) atoms. The first-order valence-corrected chi connectivity index (χ1v) is 4.58. The zero-order valence-corrected chi connectivity index (χ0v) is 8.53. The number of carboxylic acid groups (broad SMARTS) is 1. The van der Waals surface area contributed by atoms with E-state index in [2.05, 4.69) is 0 Å². The van der Waals surface area contributed by atoms with Crippen molar-refractivity contribution < 1.29 is 19.4 Å². The van der Waals surface area contributed by atoms with E-state index in [0.29, 0.717) is 12.3 Å². The van der Waals surface area contributed by atoms with Crippen molar-refractivity contribution in [2.45, 2.75) is 39.3 Å². The van der Waals surface area contributed by atoms with Crippen molar-refractivity contribution in [3.63, 3.8) is 0 Å². The first-order chi connectivity index (χ1) is 6.41. The molecule has 3 N–H and O–H groups in total. The Hall–Kier alpha value is -1.10. The first-order valence-electron chi connectivity index (χ1n) is 4.58. The maximum absolute atomic E-state index is 11.0. The maximum atomic E-state index is 11.0. The second-order valence-electron chi connectivity index (χ2n) is 3.55. The molecule has 0 aliphatic rings. The molecular formula is C9H17NO4. The lowest BCUT2D eigenvalue weighted by Gasteiger charge is -2.14. The third-order valence-electron chi connectivity index (χ3n) is 1.53. The van der Waals surface area contributed by atoms with Crippen LogP contribution >= 0.6 is 0 Å². The molecule has 1 unspecified atom stereocenters. The van der Waals surface area contributed by atoms with Gasteiger partial charge in [-0.15, -0.1) is 0 Å². The van der Waals surface area contributed by atoms with Gasteiger partial charge < -0.3 is 9.84 Å². The molecule has 0 aromatic rings. The highest BCUT2D eigenvalue weighted by Crippen LogP contribution is 2.05. The normalized spacial score (nSPS) is 12.6. The van der Waals surface area contributed by atoms with Crippen molar-refractivity contribution in [1.29, 1.82) is 0 Å². The minimum Gasteiger partial charge on any atom is -0.481 e. The second-order valence-corrected chi connectivity index (χ2v) is 3.55. The van der Waals surface area contributed by atoms with Crippen molar-refractivity contribution in [3.8, 4) is 0 Å². The lowest BCUT2D eigenvalue weighted by atomic mass is 10.1. The van der Waals surface area contributed by atoms with Gasteiger partial charge in [0.1, 0.15) is 0 Å². The third kappa shape index (κ3) is 7.54. The zero-order chi connectivity index (χ0) is 11.1. The van der Waals surface area contributed by atoms with Gasteiger partial charge in [0.05, 0.1) is 12.8 Å². The molecule has 0 rings (SSSR count). The van der Waals surface area contributed by atoms with Crippen molar-refractivity contribution in [2.24, 2.45) is 11.7 Å². The molecule has 0 radical (unpaired) electrons. The van der Waals surface area contributed by atoms with E-state index in [1.807, 2.05) is 13.8 Å². The summed E-state index contributed by atoms with van der Waals surface area (Å²) in [5.74, 6) is -1.22. The molecule has 1 atom stereocenters. The van der Waals surface area contributed by atoms with Crippen molar-refractivity contribution in [3.05, 3.63) is 0 Å². The predicted octanol–water partition coefficient (Wildman–Crippen LogP) is 0.725. The van der Waals surface area contributed by atoms with Gasteiger partial charge in [0.2, 0.25) is 0 Å². The molecule has 0 bridgehead atoms. The van der Waals surface area contributed by atoms with Crippen LogP contribution in [-0.2, 0) is 14.3 Å². The number of hydrogen-bond acceptors (Lipinski definition) is 4. The fourth-order valence-corrected chi connectivity index (χ4v) is 0.949. The molecule has 0 heterocycles. The topological polar surface area (TPSA) is 89.6 Å². The molecule has 82 valence electrons. The zero-order valence-electron chi connectivity index (χ0n) is 8.53. The van der Waals surface area contributed by atoms with E-state index in [9.17, 15) is 9.59 Å². The fraction of sp³-hybridized carbons (Fsp3) is 0.778. The Bertz CT molecular complexity index is 203. The number of carboxylic acids is 1. The van der Waals surface area contributed by atoms with E-state index in [1.165, 1.54) is 0 Å². The molecular weight excluding hydrogens is 186 g/mol. The van der Waals surface area contributed by atoms with Crippen LogP contribution in [0.5, 0.6) is 0 Å². The Morgan fingerprint density at radius 2 is 1.93 bits per heavy atom. The summed E-state index contributed by atoms with van der Waals surface area (Å²) in [5.41, 5.74) is 5.49. The van der Waals surface area contributed by atoms with Gasteiger partial charge in [-0.3, -0.25) is 15.3 Å². The standard InChI is InChI=1S/C9H17NO4/c1-6(2)5-7(10)14-9(13)4-3-8(11)12/h6-7H,3-5,10H2,1-2H3,(H,11,12). The Kier molecular flexibility index (Phi) is 5.87. The Morgan fingerprint density at radius 1 is 1.36 bits per heavy atom. The molecule has 5 heteroatoms. The van der Waals surface area contributed by atoms with Crippen LogP contribution in [0, 0.1) is 5.92 Å². The summed E-state index contributed by atoms with van der Waals surface area (Å²) in [6, 6.07) is 0. The Labute approximate surface area is 83.2 Å². The summed E-state index contributed by atoms with van der Waals surface area (Å²) in [5, 5.41) is 8.30. The smallest absolute Gasteiger partial charge is 0.307 e. The molecule has 0 aliphatic carbocycles. The van der Waals surface area contributed by atoms with Crippen LogP contribution in [0.3, 0.4) is 0 Å². The highest BCUT2D eigenvalue weighted by atomic mass is 16.6. The Morgan fingerprint density at radius 3 is 2.36 bits per heavy atom. The van der Waals surface area contributed by atoms with Crippen molar-refractivity contribution in [2.75, 3.05) is 0 Å². The van der Waals surface area contributed by atoms with Gasteiger partial charge in [-0.25, -0.2) is 0 Å². The number of nitrogens with two attached hydrogens (primary N) is 1. The summed E-state index contributed by atoms with van der Waals surface area (Å²) in [6.07, 6.45) is -0.385. The van der Waals surface area contributed by atoms with E-state index in [-0.39, 0.29) is 12.8 Å². The van der Waals surface area contributed by atoms with Crippen molar-refractivity contribution in [1.82, 2.24) is 0 Å². The molecule has 0 saturated carbocycles. The molecule has 0 aromatic heterocycles. The molecule has 0 saturated heterocycles. The molecule has 5 nitrogen and oxygen atoms in total. The molecule has 0 fully saturated rings. The van der Waals surface area contributed by atoms with Crippen LogP contribution in [0.1, 0.15) is 33.1 Å². The van der Waals surface area contributed by atoms with E-state index in [1.54, 1.807) is 0 Å². The lowest BCUT2D eigenvalue weighted by Crippen LogP contribution is -2.28. The molecule has 0 amide bonds. The van der Waals surface area contributed by atoms with Gasteiger partial charge in [0.25, 0.3) is 0 Å². The number of esters is 1. The Balaban J connectivity index is 3.65. The number of carbonyl (C=O) groups is 2. The summed E-state index contributed by atoms with van der Waals surface area (Å²) in [7, 11) is 0. The summed E-state index contributed by atoms with van der Waals surface area (Å²) in [6.45, 7) is 3.93. The monoisotopic (exact) mass is 203 g/mol. The van der Waals surface area contributed by atoms with Gasteiger partial charge in [0.15, 0.2) is 6.23 Å². The average molecular weight is 203 g/mol. The summed E-state index contributed by atoms with van der Waals surface area (Å²) in [4.78, 5) is 21.1. The number of rotatable bonds is 6. The predicted molar refractivity (Wildman–Crippen MR) is 50.4 cm³/mol. The largest absolute Gasteiger partial charge is 0.481 e. The van der Waals surface area contributed by atoms with Crippen LogP contribution in [0.25, 0.3) is 0 Å². The van der Waals surface area contributed by atoms with Crippen molar-refractivity contribution >= 4 is 11.9 Å². The number of aliphatic carboxylic acids is 1. The average Bonchev–Trinajstić information content (AvgIpc) is 1.98. The van der Waals surface area contributed by atoms with Gasteiger partial charge >= 0.3 is 11.9 Å². The van der Waals surface area contributed by atoms with Gasteiger partial charge in [-0.1, -0.05) is 13.8 Å². The first kappa shape index (κ1) is 12.9. The van der Waals surface area contributed by atoms with E-state index in [4.69, 9.17) is 15.6 Å². The lowest BCUT2D eigenvalue weighted by molar-refractivity contribution is -0.152. The molecule has 0 aromatic carbocycles. The van der Waals surface area contributed by atoms with E-state index >= 15 is 0 Å². The minimum atomic E-state index is -1.01. The highest BCUT2D eigenvalue weighted by Gasteiger charge is 2.12. The van der Waals surface area contributed by atoms with Gasteiger partial charge in [0, 0.05) is 6.42 Å². The third-order valence-corrected chi connectivity index (χ3v) is 1.53. The quantitative estimate of drug-likeness (QED) is 0.490. The van der Waals surface area contributed by atoms with Crippen LogP contribution < -0.4 is 5.73 Å². The molecule has 0 aliphatic heterocycles. The number of hydrogen-bond donors (Lipinski definition) is 2. The van der Waals surface area contributed by atoms with Crippen LogP contribution in [-0.4, -0.2) is 23.3 Å². The summed E-state index contributed by atoms with van der Waals surface area (Å²) >= 11 is 0. The van der Waals surface area contributed by atoms with E-state index < -0.39 is 18.2 Å². The highest BCUT2D eigenvalue weighted by molar-refractivity contribution is 5.76. The number of carbonyl (C=O) groups excluding carboxylic acids is 1.